The average Bonchev–Trinajstić information content (AvgIpc) is 2.43. The maximum Gasteiger partial charge on any atom is 0.328 e. The molecule has 2 unspecified atom stereocenters. The van der Waals surface area contributed by atoms with Crippen molar-refractivity contribution in [3.63, 3.8) is 0 Å². The highest BCUT2D eigenvalue weighted by atomic mass is 32.1. The first-order chi connectivity index (χ1) is 9.82. The highest BCUT2D eigenvalue weighted by Gasteiger charge is 2.30. The van der Waals surface area contributed by atoms with Crippen molar-refractivity contribution >= 4 is 25.4 Å². The topological polar surface area (TPSA) is 110 Å². The van der Waals surface area contributed by atoms with Gasteiger partial charge in [-0.05, 0) is 17.9 Å². The summed E-state index contributed by atoms with van der Waals surface area (Å²) in [6.45, 7) is 3.87. The van der Waals surface area contributed by atoms with Crippen molar-refractivity contribution in [2.24, 2.45) is 17.5 Å². The van der Waals surface area contributed by atoms with E-state index < -0.39 is 24.0 Å². The maximum atomic E-state index is 12.1. The molecule has 1 rings (SSSR count). The molecule has 22 heavy (non-hydrogen) atoms. The van der Waals surface area contributed by atoms with E-state index in [0.717, 1.165) is 10.6 Å². The molecule has 0 heterocycles. The summed E-state index contributed by atoms with van der Waals surface area (Å²) in [5.41, 5.74) is 6.58. The molecule has 0 aliphatic carbocycles. The SMILES string of the molecule is CC(C)CC(N)C(=O)N(N)C(Cc1ccccc1)C(=O)O.S. The maximum absolute atomic E-state index is 12.1. The van der Waals surface area contributed by atoms with E-state index in [0.29, 0.717) is 6.42 Å². The first-order valence-electron chi connectivity index (χ1n) is 6.93. The number of carboxylic acids is 1. The molecule has 2 atom stereocenters. The molecular weight excluding hydrogens is 302 g/mol. The third kappa shape index (κ3) is 6.05. The van der Waals surface area contributed by atoms with E-state index in [-0.39, 0.29) is 25.8 Å². The second-order valence-corrected chi connectivity index (χ2v) is 5.53. The van der Waals surface area contributed by atoms with Gasteiger partial charge in [-0.2, -0.15) is 13.5 Å². The van der Waals surface area contributed by atoms with Crippen LogP contribution in [0.1, 0.15) is 25.8 Å². The molecule has 0 radical (unpaired) electrons. The molecule has 1 aromatic rings. The largest absolute Gasteiger partial charge is 0.480 e. The zero-order valence-electron chi connectivity index (χ0n) is 12.9. The van der Waals surface area contributed by atoms with Crippen LogP contribution in [-0.2, 0) is 16.0 Å². The second-order valence-electron chi connectivity index (χ2n) is 5.53. The molecule has 6 nitrogen and oxygen atoms in total. The highest BCUT2D eigenvalue weighted by Crippen LogP contribution is 2.10. The fraction of sp³-hybridized carbons (Fsp3) is 0.467. The van der Waals surface area contributed by atoms with Gasteiger partial charge >= 0.3 is 5.97 Å². The van der Waals surface area contributed by atoms with Crippen molar-refractivity contribution in [2.75, 3.05) is 0 Å². The minimum absolute atomic E-state index is 0. The van der Waals surface area contributed by atoms with Gasteiger partial charge in [-0.1, -0.05) is 44.2 Å². The number of aliphatic carboxylic acids is 1. The Morgan fingerprint density at radius 1 is 1.23 bits per heavy atom. The summed E-state index contributed by atoms with van der Waals surface area (Å²) < 4.78 is 0. The van der Waals surface area contributed by atoms with Crippen molar-refractivity contribution in [1.29, 1.82) is 0 Å². The second kappa shape index (κ2) is 9.45. The van der Waals surface area contributed by atoms with Crippen LogP contribution in [0.25, 0.3) is 0 Å². The molecule has 7 heteroatoms. The van der Waals surface area contributed by atoms with Gasteiger partial charge < -0.3 is 10.8 Å². The van der Waals surface area contributed by atoms with Crippen LogP contribution in [0.15, 0.2) is 30.3 Å². The number of hydrazine groups is 1. The van der Waals surface area contributed by atoms with Crippen molar-refractivity contribution in [2.45, 2.75) is 38.8 Å². The predicted molar refractivity (Wildman–Crippen MR) is 90.4 cm³/mol. The van der Waals surface area contributed by atoms with Gasteiger partial charge in [0.1, 0.15) is 6.04 Å². The number of rotatable bonds is 7. The summed E-state index contributed by atoms with van der Waals surface area (Å²) >= 11 is 0. The Kier molecular flexibility index (Phi) is 8.77. The third-order valence-electron chi connectivity index (χ3n) is 3.19. The lowest BCUT2D eigenvalue weighted by Gasteiger charge is -2.27. The van der Waals surface area contributed by atoms with Crippen molar-refractivity contribution < 1.29 is 14.7 Å². The number of nitrogens with zero attached hydrogens (tertiary/aromatic N) is 1. The summed E-state index contributed by atoms with van der Waals surface area (Å²) in [5, 5.41) is 10.1. The number of hydrogen-bond acceptors (Lipinski definition) is 4. The van der Waals surface area contributed by atoms with Crippen molar-refractivity contribution in [1.82, 2.24) is 5.01 Å². The number of amides is 1. The van der Waals surface area contributed by atoms with Gasteiger partial charge in [-0.3, -0.25) is 9.80 Å². The number of carbonyl (C=O) groups is 2. The molecule has 0 saturated heterocycles. The average molecular weight is 327 g/mol. The summed E-state index contributed by atoms with van der Waals surface area (Å²) in [4.78, 5) is 23.5. The first-order valence-corrected chi connectivity index (χ1v) is 6.93. The van der Waals surface area contributed by atoms with E-state index in [1.165, 1.54) is 0 Å². The van der Waals surface area contributed by atoms with Gasteiger partial charge in [0.15, 0.2) is 0 Å². The zero-order valence-corrected chi connectivity index (χ0v) is 13.9. The van der Waals surface area contributed by atoms with E-state index in [1.807, 2.05) is 19.9 Å². The lowest BCUT2D eigenvalue weighted by Crippen LogP contribution is -2.56. The fourth-order valence-corrected chi connectivity index (χ4v) is 2.10. The van der Waals surface area contributed by atoms with Gasteiger partial charge in [-0.15, -0.1) is 0 Å². The van der Waals surface area contributed by atoms with E-state index in [1.54, 1.807) is 24.3 Å². The van der Waals surface area contributed by atoms with Crippen molar-refractivity contribution in [3.8, 4) is 0 Å². The molecule has 124 valence electrons. The van der Waals surface area contributed by atoms with Gasteiger partial charge in [0, 0.05) is 6.42 Å². The van der Waals surface area contributed by atoms with E-state index in [2.05, 4.69) is 0 Å². The predicted octanol–water partition coefficient (Wildman–Crippen LogP) is 0.871. The molecule has 1 amide bonds. The van der Waals surface area contributed by atoms with Gasteiger partial charge in [0.05, 0.1) is 6.04 Å². The summed E-state index contributed by atoms with van der Waals surface area (Å²) in [7, 11) is 0. The molecule has 0 spiro atoms. The smallest absolute Gasteiger partial charge is 0.328 e. The summed E-state index contributed by atoms with van der Waals surface area (Å²) in [6.07, 6.45) is 0.608. The Labute approximate surface area is 137 Å². The fourth-order valence-electron chi connectivity index (χ4n) is 2.10. The number of carbonyl (C=O) groups excluding carboxylic acids is 1. The Balaban J connectivity index is 0.00000441. The lowest BCUT2D eigenvalue weighted by atomic mass is 10.0. The van der Waals surface area contributed by atoms with Crippen LogP contribution in [0.2, 0.25) is 0 Å². The zero-order chi connectivity index (χ0) is 16.0. The lowest BCUT2D eigenvalue weighted by molar-refractivity contribution is -0.151. The molecule has 0 fully saturated rings. The summed E-state index contributed by atoms with van der Waals surface area (Å²) in [5.74, 6) is 4.25. The monoisotopic (exact) mass is 327 g/mol. The number of nitrogens with two attached hydrogens (primary N) is 2. The van der Waals surface area contributed by atoms with Crippen molar-refractivity contribution in [3.05, 3.63) is 35.9 Å². The van der Waals surface area contributed by atoms with Crippen LogP contribution >= 0.6 is 13.5 Å². The Hall–Kier alpha value is -1.57. The van der Waals surface area contributed by atoms with E-state index >= 15 is 0 Å². The number of benzene rings is 1. The van der Waals surface area contributed by atoms with Gasteiger partial charge in [0.2, 0.25) is 0 Å². The van der Waals surface area contributed by atoms with Crippen LogP contribution < -0.4 is 11.6 Å². The molecule has 0 bridgehead atoms. The normalized spacial score (nSPS) is 13.1. The summed E-state index contributed by atoms with van der Waals surface area (Å²) in [6, 6.07) is 7.13. The Morgan fingerprint density at radius 2 is 1.77 bits per heavy atom. The Morgan fingerprint density at radius 3 is 2.23 bits per heavy atom. The van der Waals surface area contributed by atoms with E-state index in [9.17, 15) is 14.7 Å². The molecule has 5 N–H and O–H groups in total. The third-order valence-corrected chi connectivity index (χ3v) is 3.19. The molecular formula is C15H25N3O3S. The van der Waals surface area contributed by atoms with Crippen LogP contribution in [0.3, 0.4) is 0 Å². The first kappa shape index (κ1) is 20.4. The van der Waals surface area contributed by atoms with Crippen LogP contribution in [-0.4, -0.2) is 34.1 Å². The van der Waals surface area contributed by atoms with Crippen LogP contribution in [0.5, 0.6) is 0 Å². The number of carboxylic acid groups (broad SMARTS) is 1. The highest BCUT2D eigenvalue weighted by molar-refractivity contribution is 7.59. The Bertz CT molecular complexity index is 482. The van der Waals surface area contributed by atoms with E-state index in [4.69, 9.17) is 11.6 Å². The quantitative estimate of drug-likeness (QED) is 0.391. The molecule has 0 saturated carbocycles. The standard InChI is InChI=1S/C15H23N3O3.H2S/c1-10(2)8-12(16)14(19)18(17)13(15(20)21)9-11-6-4-3-5-7-11;/h3-7,10,12-13H,8-9,16-17H2,1-2H3,(H,20,21);1H2. The van der Waals surface area contributed by atoms with Gasteiger partial charge in [0.25, 0.3) is 5.91 Å². The van der Waals surface area contributed by atoms with Crippen LogP contribution in [0, 0.1) is 5.92 Å². The van der Waals surface area contributed by atoms with Crippen LogP contribution in [0.4, 0.5) is 0 Å². The molecule has 0 aliphatic rings. The minimum Gasteiger partial charge on any atom is -0.480 e. The minimum atomic E-state index is -1.15. The number of hydrogen-bond donors (Lipinski definition) is 3. The molecule has 0 aliphatic heterocycles. The van der Waals surface area contributed by atoms with Gasteiger partial charge in [-0.25, -0.2) is 10.6 Å². The molecule has 0 aromatic heterocycles. The molecule has 1 aromatic carbocycles.